The third-order valence-corrected chi connectivity index (χ3v) is 2.93. The molecule has 112 valence electrons. The molecule has 1 aromatic carbocycles. The highest BCUT2D eigenvalue weighted by molar-refractivity contribution is 5.92. The minimum absolute atomic E-state index is 0.0878. The average Bonchev–Trinajstić information content (AvgIpc) is 2.29. The molecule has 3 N–H and O–H groups in total. The van der Waals surface area contributed by atoms with Gasteiger partial charge in [0.1, 0.15) is 0 Å². The van der Waals surface area contributed by atoms with Gasteiger partial charge in [-0.05, 0) is 30.4 Å². The fraction of sp³-hybridized carbons (Fsp3) is 0.562. The highest BCUT2D eigenvalue weighted by atomic mass is 16.3. The summed E-state index contributed by atoms with van der Waals surface area (Å²) in [7, 11) is 0. The van der Waals surface area contributed by atoms with E-state index < -0.39 is 6.10 Å². The third kappa shape index (κ3) is 6.68. The highest BCUT2D eigenvalue weighted by Crippen LogP contribution is 2.20. The van der Waals surface area contributed by atoms with E-state index >= 15 is 0 Å². The maximum Gasteiger partial charge on any atom is 0.238 e. The van der Waals surface area contributed by atoms with Crippen LogP contribution in [0.15, 0.2) is 24.3 Å². The van der Waals surface area contributed by atoms with Crippen LogP contribution in [0.3, 0.4) is 0 Å². The normalized spacial score (nSPS) is 13.1. The molecule has 1 unspecified atom stereocenters. The van der Waals surface area contributed by atoms with Gasteiger partial charge in [0.25, 0.3) is 0 Å². The number of aliphatic hydroxyl groups is 1. The lowest BCUT2D eigenvalue weighted by molar-refractivity contribution is -0.115. The van der Waals surface area contributed by atoms with Gasteiger partial charge in [-0.1, -0.05) is 39.0 Å². The maximum absolute atomic E-state index is 11.8. The smallest absolute Gasteiger partial charge is 0.238 e. The molecule has 0 aliphatic rings. The van der Waals surface area contributed by atoms with Crippen LogP contribution in [0.25, 0.3) is 0 Å². The molecular weight excluding hydrogens is 252 g/mol. The predicted molar refractivity (Wildman–Crippen MR) is 82.8 cm³/mol. The Morgan fingerprint density at radius 3 is 2.55 bits per heavy atom. The zero-order valence-electron chi connectivity index (χ0n) is 12.9. The number of hydrogen-bond donors (Lipinski definition) is 3. The number of aliphatic hydroxyl groups excluding tert-OH is 1. The lowest BCUT2D eigenvalue weighted by atomic mass is 9.89. The number of nitrogens with one attached hydrogen (secondary N) is 2. The van der Waals surface area contributed by atoms with Crippen LogP contribution >= 0.6 is 0 Å². The van der Waals surface area contributed by atoms with Crippen molar-refractivity contribution in [2.45, 2.75) is 40.2 Å². The van der Waals surface area contributed by atoms with Crippen molar-refractivity contribution in [2.75, 3.05) is 18.4 Å². The predicted octanol–water partition coefficient (Wildman–Crippen LogP) is 2.32. The lowest BCUT2D eigenvalue weighted by Gasteiger charge is -2.22. The molecule has 0 fully saturated rings. The summed E-state index contributed by atoms with van der Waals surface area (Å²) < 4.78 is 0. The molecule has 0 radical (unpaired) electrons. The van der Waals surface area contributed by atoms with Crippen molar-refractivity contribution in [2.24, 2.45) is 5.41 Å². The summed E-state index contributed by atoms with van der Waals surface area (Å²) >= 11 is 0. The quantitative estimate of drug-likeness (QED) is 0.748. The van der Waals surface area contributed by atoms with Gasteiger partial charge < -0.3 is 15.7 Å². The van der Waals surface area contributed by atoms with Gasteiger partial charge >= 0.3 is 0 Å². The molecule has 1 aromatic rings. The molecule has 0 spiro atoms. The van der Waals surface area contributed by atoms with Gasteiger partial charge in [-0.3, -0.25) is 4.79 Å². The molecule has 0 heterocycles. The van der Waals surface area contributed by atoms with Crippen LogP contribution in [-0.2, 0) is 4.79 Å². The van der Waals surface area contributed by atoms with E-state index in [2.05, 4.69) is 31.4 Å². The Hall–Kier alpha value is -1.39. The minimum Gasteiger partial charge on any atom is -0.392 e. The van der Waals surface area contributed by atoms with Crippen LogP contribution in [0.4, 0.5) is 5.69 Å². The maximum atomic E-state index is 11.8. The van der Waals surface area contributed by atoms with Gasteiger partial charge in [-0.2, -0.15) is 0 Å². The average molecular weight is 278 g/mol. The fourth-order valence-corrected chi connectivity index (χ4v) is 2.04. The van der Waals surface area contributed by atoms with Crippen molar-refractivity contribution < 1.29 is 9.90 Å². The first-order valence-corrected chi connectivity index (χ1v) is 7.02. The van der Waals surface area contributed by atoms with E-state index in [1.807, 2.05) is 31.2 Å². The largest absolute Gasteiger partial charge is 0.392 e. The second-order valence-corrected chi connectivity index (χ2v) is 6.41. The molecule has 0 bridgehead atoms. The Kier molecular flexibility index (Phi) is 6.17. The molecule has 4 nitrogen and oxygen atoms in total. The Labute approximate surface area is 121 Å². The second-order valence-electron chi connectivity index (χ2n) is 6.41. The van der Waals surface area contributed by atoms with Crippen LogP contribution in [0.1, 0.15) is 32.8 Å². The summed E-state index contributed by atoms with van der Waals surface area (Å²) in [4.78, 5) is 11.8. The van der Waals surface area contributed by atoms with Crippen LogP contribution in [0, 0.1) is 12.3 Å². The molecule has 0 aliphatic carbocycles. The van der Waals surface area contributed by atoms with Crippen molar-refractivity contribution in [1.29, 1.82) is 0 Å². The van der Waals surface area contributed by atoms with Crippen LogP contribution in [0.5, 0.6) is 0 Å². The Morgan fingerprint density at radius 2 is 1.95 bits per heavy atom. The van der Waals surface area contributed by atoms with Crippen LogP contribution < -0.4 is 10.6 Å². The zero-order valence-corrected chi connectivity index (χ0v) is 12.9. The lowest BCUT2D eigenvalue weighted by Crippen LogP contribution is -2.35. The summed E-state index contributed by atoms with van der Waals surface area (Å²) in [5, 5.41) is 15.7. The molecule has 0 saturated carbocycles. The number of hydrogen-bond acceptors (Lipinski definition) is 3. The number of amides is 1. The first-order valence-electron chi connectivity index (χ1n) is 7.02. The van der Waals surface area contributed by atoms with Crippen molar-refractivity contribution in [1.82, 2.24) is 5.32 Å². The van der Waals surface area contributed by atoms with Crippen molar-refractivity contribution in [3.63, 3.8) is 0 Å². The number of para-hydroxylation sites is 1. The molecule has 1 rings (SSSR count). The van der Waals surface area contributed by atoms with E-state index in [1.54, 1.807) is 0 Å². The van der Waals surface area contributed by atoms with Crippen LogP contribution in [0.2, 0.25) is 0 Å². The Morgan fingerprint density at radius 1 is 1.30 bits per heavy atom. The van der Waals surface area contributed by atoms with Gasteiger partial charge in [0.2, 0.25) is 5.91 Å². The van der Waals surface area contributed by atoms with Crippen molar-refractivity contribution >= 4 is 11.6 Å². The van der Waals surface area contributed by atoms with E-state index in [1.165, 1.54) is 0 Å². The van der Waals surface area contributed by atoms with Crippen LogP contribution in [-0.4, -0.2) is 30.2 Å². The van der Waals surface area contributed by atoms with E-state index in [0.29, 0.717) is 13.0 Å². The summed E-state index contributed by atoms with van der Waals surface area (Å²) in [6.07, 6.45) is 0.278. The topological polar surface area (TPSA) is 61.4 Å². The van der Waals surface area contributed by atoms with Gasteiger partial charge in [0.15, 0.2) is 0 Å². The monoisotopic (exact) mass is 278 g/mol. The first kappa shape index (κ1) is 16.7. The number of carbonyl (C=O) groups excluding carboxylic acids is 1. The van der Waals surface area contributed by atoms with E-state index in [4.69, 9.17) is 0 Å². The van der Waals surface area contributed by atoms with Gasteiger partial charge in [0, 0.05) is 12.2 Å². The fourth-order valence-electron chi connectivity index (χ4n) is 2.04. The molecule has 0 saturated heterocycles. The number of rotatable bonds is 6. The standard InChI is InChI=1S/C16H26N2O2/c1-12-7-5-6-8-14(12)18-15(20)11-17-10-13(19)9-16(2,3)4/h5-8,13,17,19H,9-11H2,1-4H3,(H,18,20). The SMILES string of the molecule is Cc1ccccc1NC(=O)CNCC(O)CC(C)(C)C. The number of carbonyl (C=O) groups is 1. The molecule has 20 heavy (non-hydrogen) atoms. The Bertz CT molecular complexity index is 438. The van der Waals surface area contributed by atoms with Crippen molar-refractivity contribution in [3.05, 3.63) is 29.8 Å². The summed E-state index contributed by atoms with van der Waals surface area (Å²) in [6, 6.07) is 7.66. The molecule has 1 atom stereocenters. The summed E-state index contributed by atoms with van der Waals surface area (Å²) in [6.45, 7) is 8.84. The van der Waals surface area contributed by atoms with Crippen molar-refractivity contribution in [3.8, 4) is 0 Å². The van der Waals surface area contributed by atoms with E-state index in [9.17, 15) is 9.90 Å². The zero-order chi connectivity index (χ0) is 15.2. The molecule has 4 heteroatoms. The first-order chi connectivity index (χ1) is 9.28. The molecule has 0 aromatic heterocycles. The van der Waals surface area contributed by atoms with Gasteiger partial charge in [-0.15, -0.1) is 0 Å². The summed E-state index contributed by atoms with van der Waals surface area (Å²) in [5.74, 6) is -0.0951. The molecular formula is C16H26N2O2. The number of benzene rings is 1. The van der Waals surface area contributed by atoms with Gasteiger partial charge in [0.05, 0.1) is 12.6 Å². The summed E-state index contributed by atoms with van der Waals surface area (Å²) in [5.41, 5.74) is 1.95. The van der Waals surface area contributed by atoms with E-state index in [-0.39, 0.29) is 17.9 Å². The number of anilines is 1. The number of aryl methyl sites for hydroxylation is 1. The molecule has 0 aliphatic heterocycles. The highest BCUT2D eigenvalue weighted by Gasteiger charge is 2.16. The van der Waals surface area contributed by atoms with E-state index in [0.717, 1.165) is 11.3 Å². The second kappa shape index (κ2) is 7.41. The minimum atomic E-state index is -0.429. The third-order valence-electron chi connectivity index (χ3n) is 2.93. The Balaban J connectivity index is 2.29. The van der Waals surface area contributed by atoms with Gasteiger partial charge in [-0.25, -0.2) is 0 Å². The molecule has 1 amide bonds.